The summed E-state index contributed by atoms with van der Waals surface area (Å²) in [6, 6.07) is 3.72. The Balaban J connectivity index is 2.58. The van der Waals surface area contributed by atoms with Crippen molar-refractivity contribution in [2.45, 2.75) is 0 Å². The Kier molecular flexibility index (Phi) is 1.89. The summed E-state index contributed by atoms with van der Waals surface area (Å²) >= 11 is 0. The van der Waals surface area contributed by atoms with Crippen molar-refractivity contribution in [2.75, 3.05) is 0 Å². The molecule has 0 radical (unpaired) electrons. The van der Waals surface area contributed by atoms with Gasteiger partial charge in [-0.15, -0.1) is 0 Å². The van der Waals surface area contributed by atoms with E-state index >= 15 is 0 Å². The van der Waals surface area contributed by atoms with E-state index in [1.165, 1.54) is 0 Å². The van der Waals surface area contributed by atoms with Crippen LogP contribution in [-0.4, -0.2) is 0 Å². The van der Waals surface area contributed by atoms with Gasteiger partial charge in [0.25, 0.3) is 5.95 Å². The highest BCUT2D eigenvalue weighted by atomic mass is 16.7. The van der Waals surface area contributed by atoms with Gasteiger partial charge in [-0.3, -0.25) is 0 Å². The van der Waals surface area contributed by atoms with E-state index in [9.17, 15) is 0 Å². The van der Waals surface area contributed by atoms with E-state index in [1.807, 2.05) is 12.1 Å². The highest BCUT2D eigenvalue weighted by molar-refractivity contribution is 5.68. The summed E-state index contributed by atoms with van der Waals surface area (Å²) in [6.07, 6.45) is 3.50. The van der Waals surface area contributed by atoms with Gasteiger partial charge in [0.1, 0.15) is 0 Å². The van der Waals surface area contributed by atoms with E-state index in [0.29, 0.717) is 17.4 Å². The van der Waals surface area contributed by atoms with Crippen molar-refractivity contribution in [2.24, 2.45) is 0 Å². The van der Waals surface area contributed by atoms with Crippen LogP contribution < -0.4 is 9.47 Å². The molecule has 0 bridgehead atoms. The Morgan fingerprint density at radius 3 is 1.71 bits per heavy atom. The molecule has 0 N–H and O–H groups in total. The largest absolute Gasteiger partial charge is 0.422 e. The van der Waals surface area contributed by atoms with Crippen LogP contribution in [0.3, 0.4) is 0 Å². The van der Waals surface area contributed by atoms with Gasteiger partial charge >= 0.3 is 0 Å². The van der Waals surface area contributed by atoms with Gasteiger partial charge in [-0.05, 0) is 29.8 Å². The van der Waals surface area contributed by atoms with Crippen LogP contribution in [0.4, 0.5) is 0 Å². The SMILES string of the molecule is C=Cc1cc2c(cc1C=C)OC(=C)O2. The fourth-order valence-corrected chi connectivity index (χ4v) is 1.37. The molecule has 0 aliphatic carbocycles. The molecule has 0 spiro atoms. The average molecular weight is 186 g/mol. The standard InChI is InChI=1S/C12H10O2/c1-4-9-6-11-12(7-10(9)5-2)14-8(3)13-11/h4-7H,1-3H2. The first kappa shape index (κ1) is 8.63. The van der Waals surface area contributed by atoms with Gasteiger partial charge in [-0.25, -0.2) is 0 Å². The van der Waals surface area contributed by atoms with Gasteiger partial charge < -0.3 is 9.47 Å². The van der Waals surface area contributed by atoms with Crippen LogP contribution in [0.2, 0.25) is 0 Å². The first-order valence-electron chi connectivity index (χ1n) is 4.22. The van der Waals surface area contributed by atoms with Gasteiger partial charge in [-0.1, -0.05) is 25.3 Å². The first-order valence-corrected chi connectivity index (χ1v) is 4.22. The topological polar surface area (TPSA) is 18.5 Å². The fraction of sp³-hybridized carbons (Fsp3) is 0. The summed E-state index contributed by atoms with van der Waals surface area (Å²) in [6.45, 7) is 11.0. The lowest BCUT2D eigenvalue weighted by molar-refractivity contribution is 0.290. The molecule has 1 aromatic carbocycles. The molecule has 0 saturated carbocycles. The molecule has 2 nitrogen and oxygen atoms in total. The predicted octanol–water partition coefficient (Wildman–Crippen LogP) is 3.22. The Hall–Kier alpha value is -1.96. The molecule has 1 aromatic rings. The van der Waals surface area contributed by atoms with Crippen molar-refractivity contribution in [3.8, 4) is 11.5 Å². The molecule has 2 rings (SSSR count). The second kappa shape index (κ2) is 3.07. The molecule has 0 unspecified atom stereocenters. The van der Waals surface area contributed by atoms with Gasteiger partial charge in [0.15, 0.2) is 11.5 Å². The molecule has 1 heterocycles. The van der Waals surface area contributed by atoms with Crippen LogP contribution >= 0.6 is 0 Å². The monoisotopic (exact) mass is 186 g/mol. The second-order valence-electron chi connectivity index (χ2n) is 2.91. The molecule has 0 fully saturated rings. The third kappa shape index (κ3) is 1.21. The van der Waals surface area contributed by atoms with Crippen molar-refractivity contribution < 1.29 is 9.47 Å². The van der Waals surface area contributed by atoms with Crippen molar-refractivity contribution >= 4 is 12.2 Å². The molecule has 0 atom stereocenters. The zero-order chi connectivity index (χ0) is 10.1. The molecule has 70 valence electrons. The fourth-order valence-electron chi connectivity index (χ4n) is 1.37. The van der Waals surface area contributed by atoms with E-state index < -0.39 is 0 Å². The van der Waals surface area contributed by atoms with Gasteiger partial charge in [-0.2, -0.15) is 0 Å². The summed E-state index contributed by atoms with van der Waals surface area (Å²) in [5.74, 6) is 1.65. The summed E-state index contributed by atoms with van der Waals surface area (Å²) in [5.41, 5.74) is 1.94. The third-order valence-electron chi connectivity index (χ3n) is 2.04. The Bertz CT molecular complexity index is 391. The minimum absolute atomic E-state index is 0.302. The number of fused-ring (bicyclic) bond motifs is 1. The highest BCUT2D eigenvalue weighted by Gasteiger charge is 2.18. The smallest absolute Gasteiger partial charge is 0.282 e. The second-order valence-corrected chi connectivity index (χ2v) is 2.91. The molecule has 1 aliphatic heterocycles. The number of hydrogen-bond donors (Lipinski definition) is 0. The molecular formula is C12H10O2. The minimum Gasteiger partial charge on any atom is -0.422 e. The molecular weight excluding hydrogens is 176 g/mol. The van der Waals surface area contributed by atoms with Crippen LogP contribution in [-0.2, 0) is 0 Å². The number of ether oxygens (including phenoxy) is 2. The van der Waals surface area contributed by atoms with E-state index in [0.717, 1.165) is 11.1 Å². The maximum Gasteiger partial charge on any atom is 0.282 e. The quantitative estimate of drug-likeness (QED) is 0.706. The summed E-state index contributed by atoms with van der Waals surface area (Å²) in [5, 5.41) is 0. The maximum absolute atomic E-state index is 5.25. The molecule has 0 aromatic heterocycles. The van der Waals surface area contributed by atoms with Crippen LogP contribution in [0.5, 0.6) is 11.5 Å². The van der Waals surface area contributed by atoms with E-state index in [2.05, 4.69) is 19.7 Å². The number of hydrogen-bond acceptors (Lipinski definition) is 2. The lowest BCUT2D eigenvalue weighted by Gasteiger charge is -2.02. The molecule has 1 aliphatic rings. The van der Waals surface area contributed by atoms with E-state index in [-0.39, 0.29) is 0 Å². The predicted molar refractivity (Wildman–Crippen MR) is 57.0 cm³/mol. The highest BCUT2D eigenvalue weighted by Crippen LogP contribution is 2.38. The Morgan fingerprint density at radius 1 is 0.929 bits per heavy atom. The molecule has 0 saturated heterocycles. The normalized spacial score (nSPS) is 12.7. The maximum atomic E-state index is 5.25. The number of benzene rings is 1. The van der Waals surface area contributed by atoms with Crippen molar-refractivity contribution in [3.05, 3.63) is 48.9 Å². The first-order chi connectivity index (χ1) is 6.74. The minimum atomic E-state index is 0.302. The van der Waals surface area contributed by atoms with Crippen molar-refractivity contribution in [3.63, 3.8) is 0 Å². The van der Waals surface area contributed by atoms with Crippen molar-refractivity contribution in [1.29, 1.82) is 0 Å². The van der Waals surface area contributed by atoms with Crippen LogP contribution in [0.1, 0.15) is 11.1 Å². The number of rotatable bonds is 2. The lowest BCUT2D eigenvalue weighted by atomic mass is 10.1. The zero-order valence-corrected chi connectivity index (χ0v) is 7.75. The zero-order valence-electron chi connectivity index (χ0n) is 7.75. The van der Waals surface area contributed by atoms with Crippen LogP contribution in [0, 0.1) is 0 Å². The van der Waals surface area contributed by atoms with Gasteiger partial charge in [0.2, 0.25) is 0 Å². The van der Waals surface area contributed by atoms with E-state index in [4.69, 9.17) is 9.47 Å². The van der Waals surface area contributed by atoms with Crippen LogP contribution in [0.15, 0.2) is 37.8 Å². The lowest BCUT2D eigenvalue weighted by Crippen LogP contribution is -1.88. The molecule has 14 heavy (non-hydrogen) atoms. The van der Waals surface area contributed by atoms with Crippen LogP contribution in [0.25, 0.3) is 12.2 Å². The summed E-state index contributed by atoms with van der Waals surface area (Å²) in [7, 11) is 0. The van der Waals surface area contributed by atoms with Gasteiger partial charge in [0.05, 0.1) is 0 Å². The Morgan fingerprint density at radius 2 is 1.36 bits per heavy atom. The van der Waals surface area contributed by atoms with E-state index in [1.54, 1.807) is 12.2 Å². The summed E-state index contributed by atoms with van der Waals surface area (Å²) < 4.78 is 10.5. The van der Waals surface area contributed by atoms with Gasteiger partial charge in [0, 0.05) is 0 Å². The summed E-state index contributed by atoms with van der Waals surface area (Å²) in [4.78, 5) is 0. The third-order valence-corrected chi connectivity index (χ3v) is 2.04. The average Bonchev–Trinajstić information content (AvgIpc) is 2.54. The van der Waals surface area contributed by atoms with Crippen molar-refractivity contribution in [1.82, 2.24) is 0 Å². The molecule has 2 heteroatoms. The molecule has 0 amide bonds. The Labute approximate surface area is 82.8 Å².